The number of carbonyl (C=O) groups excluding carboxylic acids is 4. The molecule has 0 spiro atoms. The molecule has 1 fully saturated rings. The Hall–Kier alpha value is -3.66. The van der Waals surface area contributed by atoms with Gasteiger partial charge in [0.2, 0.25) is 11.8 Å². The summed E-state index contributed by atoms with van der Waals surface area (Å²) >= 11 is 1.67. The highest BCUT2D eigenvalue weighted by atomic mass is 32.1. The topological polar surface area (TPSA) is 121 Å². The number of imide groups is 2. The van der Waals surface area contributed by atoms with Crippen molar-refractivity contribution < 1.29 is 19.2 Å². The molecule has 0 aliphatic carbocycles. The molecule has 34 heavy (non-hydrogen) atoms. The van der Waals surface area contributed by atoms with Gasteiger partial charge in [0.25, 0.3) is 11.8 Å². The summed E-state index contributed by atoms with van der Waals surface area (Å²) in [6.45, 7) is 2.81. The Bertz CT molecular complexity index is 1330. The van der Waals surface area contributed by atoms with E-state index in [0.717, 1.165) is 39.3 Å². The molecule has 1 unspecified atom stereocenters. The van der Waals surface area contributed by atoms with E-state index >= 15 is 0 Å². The summed E-state index contributed by atoms with van der Waals surface area (Å²) in [7, 11) is 0. The molecule has 2 aromatic heterocycles. The van der Waals surface area contributed by atoms with Gasteiger partial charge in [0.1, 0.15) is 23.0 Å². The maximum atomic E-state index is 13.0. The second kappa shape index (κ2) is 8.94. The van der Waals surface area contributed by atoms with Gasteiger partial charge in [-0.3, -0.25) is 29.4 Å². The van der Waals surface area contributed by atoms with Crippen LogP contribution in [0.25, 0.3) is 10.2 Å². The van der Waals surface area contributed by atoms with Gasteiger partial charge >= 0.3 is 0 Å². The molecular weight excluding hydrogens is 454 g/mol. The number of amides is 4. The molecule has 174 valence electrons. The Morgan fingerprint density at radius 3 is 2.74 bits per heavy atom. The van der Waals surface area contributed by atoms with E-state index in [-0.39, 0.29) is 18.7 Å². The number of anilines is 1. The summed E-state index contributed by atoms with van der Waals surface area (Å²) in [6, 6.07) is 6.40. The molecule has 4 heterocycles. The van der Waals surface area contributed by atoms with E-state index in [1.807, 2.05) is 6.07 Å². The van der Waals surface area contributed by atoms with Crippen LogP contribution in [0, 0.1) is 0 Å². The zero-order valence-electron chi connectivity index (χ0n) is 18.6. The minimum absolute atomic E-state index is 0.103. The van der Waals surface area contributed by atoms with Crippen LogP contribution in [0.2, 0.25) is 0 Å². The van der Waals surface area contributed by atoms with Crippen molar-refractivity contribution in [1.82, 2.24) is 20.2 Å². The molecule has 2 N–H and O–H groups in total. The van der Waals surface area contributed by atoms with Crippen molar-refractivity contribution in [2.24, 2.45) is 0 Å². The summed E-state index contributed by atoms with van der Waals surface area (Å²) in [5.74, 6) is -1.15. The number of carbonyl (C=O) groups is 4. The number of benzene rings is 1. The molecule has 5 rings (SSSR count). The molecule has 0 radical (unpaired) electrons. The monoisotopic (exact) mass is 477 g/mol. The van der Waals surface area contributed by atoms with Crippen molar-refractivity contribution in [1.29, 1.82) is 0 Å². The standard InChI is InChI=1S/C24H23N5O4S/c1-2-14-11-17-20(26-12-27-22(17)34-14)25-9-3-4-13-5-6-15-16(10-13)24(33)29(23(15)32)18-7-8-19(30)28-21(18)31/h5-6,10-12,18H,2-4,7-9H2,1H3,(H,25,26,27)(H,28,30,31). The van der Waals surface area contributed by atoms with Crippen LogP contribution in [0.4, 0.5) is 5.82 Å². The number of fused-ring (bicyclic) bond motifs is 2. The first-order valence-corrected chi connectivity index (χ1v) is 12.1. The summed E-state index contributed by atoms with van der Waals surface area (Å²) in [5.41, 5.74) is 1.54. The van der Waals surface area contributed by atoms with E-state index < -0.39 is 23.8 Å². The van der Waals surface area contributed by atoms with E-state index in [1.54, 1.807) is 29.8 Å². The smallest absolute Gasteiger partial charge is 0.262 e. The van der Waals surface area contributed by atoms with Gasteiger partial charge in [-0.25, -0.2) is 9.97 Å². The average molecular weight is 478 g/mol. The van der Waals surface area contributed by atoms with Crippen molar-refractivity contribution in [2.75, 3.05) is 11.9 Å². The first-order valence-electron chi connectivity index (χ1n) is 11.3. The third kappa shape index (κ3) is 3.94. The Morgan fingerprint density at radius 1 is 1.12 bits per heavy atom. The van der Waals surface area contributed by atoms with Crippen LogP contribution in [0.15, 0.2) is 30.6 Å². The number of hydrogen-bond acceptors (Lipinski definition) is 8. The fraction of sp³-hybridized carbons (Fsp3) is 0.333. The number of hydrogen-bond donors (Lipinski definition) is 2. The Morgan fingerprint density at radius 2 is 1.94 bits per heavy atom. The maximum Gasteiger partial charge on any atom is 0.262 e. The molecule has 1 aromatic carbocycles. The predicted molar refractivity (Wildman–Crippen MR) is 127 cm³/mol. The molecule has 1 atom stereocenters. The molecule has 9 nitrogen and oxygen atoms in total. The molecule has 10 heteroatoms. The van der Waals surface area contributed by atoms with Crippen molar-refractivity contribution in [3.05, 3.63) is 52.2 Å². The number of aryl methyl sites for hydroxylation is 2. The minimum Gasteiger partial charge on any atom is -0.369 e. The molecule has 2 aliphatic heterocycles. The van der Waals surface area contributed by atoms with Crippen LogP contribution >= 0.6 is 11.3 Å². The highest BCUT2D eigenvalue weighted by Crippen LogP contribution is 2.30. The number of nitrogens with one attached hydrogen (secondary N) is 2. The molecule has 1 saturated heterocycles. The fourth-order valence-electron chi connectivity index (χ4n) is 4.39. The van der Waals surface area contributed by atoms with Gasteiger partial charge in [-0.15, -0.1) is 11.3 Å². The minimum atomic E-state index is -0.951. The van der Waals surface area contributed by atoms with Crippen molar-refractivity contribution in [3.63, 3.8) is 0 Å². The zero-order valence-corrected chi connectivity index (χ0v) is 19.4. The van der Waals surface area contributed by atoms with Gasteiger partial charge in [-0.2, -0.15) is 0 Å². The normalized spacial score (nSPS) is 17.9. The molecular formula is C24H23N5O4S. The second-order valence-corrected chi connectivity index (χ2v) is 9.48. The van der Waals surface area contributed by atoms with Gasteiger partial charge in [0, 0.05) is 17.8 Å². The number of rotatable bonds is 7. The summed E-state index contributed by atoms with van der Waals surface area (Å²) < 4.78 is 0. The van der Waals surface area contributed by atoms with Gasteiger partial charge in [-0.1, -0.05) is 13.0 Å². The van der Waals surface area contributed by atoms with E-state index in [1.165, 1.54) is 4.88 Å². The molecule has 0 bridgehead atoms. The fourth-order valence-corrected chi connectivity index (χ4v) is 5.33. The van der Waals surface area contributed by atoms with Crippen molar-refractivity contribution in [3.8, 4) is 0 Å². The lowest BCUT2D eigenvalue weighted by Crippen LogP contribution is -2.54. The largest absolute Gasteiger partial charge is 0.369 e. The number of piperidine rings is 1. The van der Waals surface area contributed by atoms with Crippen molar-refractivity contribution >= 4 is 51.0 Å². The number of thiophene rings is 1. The Kier molecular flexibility index (Phi) is 5.82. The highest BCUT2D eigenvalue weighted by molar-refractivity contribution is 7.18. The third-order valence-electron chi connectivity index (χ3n) is 6.17. The highest BCUT2D eigenvalue weighted by Gasteiger charge is 2.44. The Balaban J connectivity index is 1.23. The first kappa shape index (κ1) is 22.1. The molecule has 3 aromatic rings. The van der Waals surface area contributed by atoms with Gasteiger partial charge in [-0.05, 0) is 49.4 Å². The molecule has 4 amide bonds. The van der Waals surface area contributed by atoms with E-state index in [9.17, 15) is 19.2 Å². The van der Waals surface area contributed by atoms with E-state index in [2.05, 4.69) is 33.6 Å². The van der Waals surface area contributed by atoms with E-state index in [0.29, 0.717) is 24.1 Å². The van der Waals surface area contributed by atoms with Crippen LogP contribution in [-0.4, -0.2) is 51.1 Å². The summed E-state index contributed by atoms with van der Waals surface area (Å²) in [6.07, 6.45) is 4.28. The lowest BCUT2D eigenvalue weighted by molar-refractivity contribution is -0.136. The van der Waals surface area contributed by atoms with Crippen LogP contribution in [-0.2, 0) is 22.4 Å². The number of aromatic nitrogens is 2. The van der Waals surface area contributed by atoms with Crippen LogP contribution in [0.5, 0.6) is 0 Å². The van der Waals surface area contributed by atoms with Crippen molar-refractivity contribution in [2.45, 2.75) is 45.1 Å². The number of nitrogens with zero attached hydrogens (tertiary/aromatic N) is 3. The van der Waals surface area contributed by atoms with Crippen LogP contribution in [0.3, 0.4) is 0 Å². The molecule has 2 aliphatic rings. The van der Waals surface area contributed by atoms with Crippen LogP contribution in [0.1, 0.15) is 57.3 Å². The SMILES string of the molecule is CCc1cc2c(NCCCc3ccc4c(c3)C(=O)N(C3CCC(=O)NC3=O)C4=O)ncnc2s1. The Labute approximate surface area is 199 Å². The first-order chi connectivity index (χ1) is 16.5. The van der Waals surface area contributed by atoms with Gasteiger partial charge in [0.15, 0.2) is 0 Å². The average Bonchev–Trinajstić information content (AvgIpc) is 3.36. The second-order valence-electron chi connectivity index (χ2n) is 8.36. The molecule has 0 saturated carbocycles. The lowest BCUT2D eigenvalue weighted by atomic mass is 10.0. The lowest BCUT2D eigenvalue weighted by Gasteiger charge is -2.27. The summed E-state index contributed by atoms with van der Waals surface area (Å²) in [5, 5.41) is 6.61. The summed E-state index contributed by atoms with van der Waals surface area (Å²) in [4.78, 5) is 61.3. The predicted octanol–water partition coefficient (Wildman–Crippen LogP) is 2.70. The third-order valence-corrected chi connectivity index (χ3v) is 7.36. The van der Waals surface area contributed by atoms with E-state index in [4.69, 9.17) is 0 Å². The van der Waals surface area contributed by atoms with Gasteiger partial charge in [0.05, 0.1) is 16.5 Å². The van der Waals surface area contributed by atoms with Gasteiger partial charge < -0.3 is 5.32 Å². The maximum absolute atomic E-state index is 13.0. The van der Waals surface area contributed by atoms with Crippen LogP contribution < -0.4 is 10.6 Å². The quantitative estimate of drug-likeness (QED) is 0.396. The zero-order chi connectivity index (χ0) is 23.8.